The fraction of sp³-hybridized carbons (Fsp3) is 0.625. The van der Waals surface area contributed by atoms with Crippen LogP contribution in [0, 0.1) is 11.8 Å². The first-order valence-electron chi connectivity index (χ1n) is 7.42. The van der Waals surface area contributed by atoms with Gasteiger partial charge in [-0.3, -0.25) is 11.3 Å². The number of hydrogen-bond donors (Lipinski definition) is 2. The summed E-state index contributed by atoms with van der Waals surface area (Å²) >= 11 is 3.52. The number of benzene rings is 1. The lowest BCUT2D eigenvalue weighted by Gasteiger charge is -2.29. The average molecular weight is 357 g/mol. The molecule has 21 heavy (non-hydrogen) atoms. The molecule has 118 valence electrons. The first-order valence-corrected chi connectivity index (χ1v) is 8.21. The molecule has 0 bridgehead atoms. The van der Waals surface area contributed by atoms with Gasteiger partial charge in [0.15, 0.2) is 0 Å². The normalized spacial score (nSPS) is 30.4. The van der Waals surface area contributed by atoms with Gasteiger partial charge in [-0.2, -0.15) is 0 Å². The summed E-state index contributed by atoms with van der Waals surface area (Å²) in [4.78, 5) is 0. The summed E-state index contributed by atoms with van der Waals surface area (Å²) < 4.78 is 12.5. The third kappa shape index (κ3) is 3.59. The molecule has 3 N–H and O–H groups in total. The topological polar surface area (TPSA) is 56.5 Å². The van der Waals surface area contributed by atoms with Crippen molar-refractivity contribution >= 4 is 15.9 Å². The predicted octanol–water partition coefficient (Wildman–Crippen LogP) is 2.89. The number of ether oxygens (including phenoxy) is 2. The van der Waals surface area contributed by atoms with Crippen molar-refractivity contribution < 1.29 is 9.47 Å². The molecule has 0 aliphatic carbocycles. The summed E-state index contributed by atoms with van der Waals surface area (Å²) in [7, 11) is 1.70. The number of nitrogens with two attached hydrogens (primary N) is 1. The van der Waals surface area contributed by atoms with Gasteiger partial charge in [0.05, 0.1) is 19.3 Å². The molecule has 0 saturated carbocycles. The molecule has 0 amide bonds. The van der Waals surface area contributed by atoms with Crippen LogP contribution in [0.25, 0.3) is 0 Å². The summed E-state index contributed by atoms with van der Waals surface area (Å²) in [6, 6.07) is 6.22. The molecule has 5 heteroatoms. The van der Waals surface area contributed by atoms with E-state index in [0.29, 0.717) is 11.8 Å². The molecule has 5 atom stereocenters. The Balaban J connectivity index is 2.21. The van der Waals surface area contributed by atoms with Crippen LogP contribution in [0.3, 0.4) is 0 Å². The first-order chi connectivity index (χ1) is 9.97. The van der Waals surface area contributed by atoms with Gasteiger partial charge in [-0.1, -0.05) is 22.9 Å². The molecule has 4 nitrogen and oxygen atoms in total. The van der Waals surface area contributed by atoms with Gasteiger partial charge in [-0.25, -0.2) is 0 Å². The van der Waals surface area contributed by atoms with Crippen molar-refractivity contribution in [3.05, 3.63) is 28.2 Å². The molecule has 0 spiro atoms. The van der Waals surface area contributed by atoms with E-state index in [2.05, 4.69) is 48.2 Å². The molecule has 2 rings (SSSR count). The highest BCUT2D eigenvalue weighted by atomic mass is 79.9. The predicted molar refractivity (Wildman–Crippen MR) is 88.2 cm³/mol. The third-order valence-corrected chi connectivity index (χ3v) is 5.17. The van der Waals surface area contributed by atoms with E-state index < -0.39 is 0 Å². The lowest BCUT2D eigenvalue weighted by atomic mass is 9.81. The number of nitrogens with one attached hydrogen (secondary N) is 1. The van der Waals surface area contributed by atoms with Gasteiger partial charge >= 0.3 is 0 Å². The van der Waals surface area contributed by atoms with Crippen molar-refractivity contribution in [3.63, 3.8) is 0 Å². The Morgan fingerprint density at radius 1 is 1.33 bits per heavy atom. The fourth-order valence-electron chi connectivity index (χ4n) is 3.44. The number of methoxy groups -OCH3 is 1. The van der Waals surface area contributed by atoms with Crippen molar-refractivity contribution in [3.8, 4) is 5.75 Å². The van der Waals surface area contributed by atoms with Gasteiger partial charge in [-0.15, -0.1) is 0 Å². The zero-order valence-electron chi connectivity index (χ0n) is 13.1. The summed E-state index contributed by atoms with van der Waals surface area (Å²) in [6.07, 6.45) is 1.29. The van der Waals surface area contributed by atoms with Gasteiger partial charge in [0, 0.05) is 16.4 Å². The second-order valence-corrected chi connectivity index (χ2v) is 6.83. The van der Waals surface area contributed by atoms with Gasteiger partial charge in [0.25, 0.3) is 0 Å². The van der Waals surface area contributed by atoms with E-state index in [4.69, 9.17) is 15.3 Å². The molecule has 0 radical (unpaired) electrons. The van der Waals surface area contributed by atoms with Gasteiger partial charge in [0.2, 0.25) is 0 Å². The molecule has 0 aromatic heterocycles. The minimum atomic E-state index is 0.156. The summed E-state index contributed by atoms with van der Waals surface area (Å²) in [5, 5.41) is 0. The van der Waals surface area contributed by atoms with Crippen LogP contribution in [0.2, 0.25) is 0 Å². The van der Waals surface area contributed by atoms with Crippen molar-refractivity contribution in [1.82, 2.24) is 5.43 Å². The Hall–Kier alpha value is -0.620. The van der Waals surface area contributed by atoms with Crippen LogP contribution in [0.15, 0.2) is 22.7 Å². The molecule has 5 unspecified atom stereocenters. The number of hydrogen-bond acceptors (Lipinski definition) is 4. The zero-order chi connectivity index (χ0) is 15.6. The highest BCUT2D eigenvalue weighted by Gasteiger charge is 2.41. The maximum atomic E-state index is 5.95. The number of hydrazine groups is 1. The van der Waals surface area contributed by atoms with Crippen molar-refractivity contribution in [2.24, 2.45) is 17.7 Å². The van der Waals surface area contributed by atoms with E-state index in [9.17, 15) is 0 Å². The Labute approximate surface area is 135 Å². The van der Waals surface area contributed by atoms with E-state index in [1.54, 1.807) is 7.11 Å². The van der Waals surface area contributed by atoms with E-state index in [-0.39, 0.29) is 18.2 Å². The molecule has 1 saturated heterocycles. The van der Waals surface area contributed by atoms with Crippen LogP contribution in [0.4, 0.5) is 0 Å². The molecule has 1 heterocycles. The minimum Gasteiger partial charge on any atom is -0.496 e. The second-order valence-electron chi connectivity index (χ2n) is 5.92. The monoisotopic (exact) mass is 356 g/mol. The van der Waals surface area contributed by atoms with Gasteiger partial charge in [-0.05, 0) is 49.9 Å². The van der Waals surface area contributed by atoms with E-state index in [1.807, 2.05) is 12.1 Å². The minimum absolute atomic E-state index is 0.156. The Kier molecular flexibility index (Phi) is 5.66. The van der Waals surface area contributed by atoms with Crippen LogP contribution in [0.1, 0.15) is 26.3 Å². The average Bonchev–Trinajstić information content (AvgIpc) is 2.70. The number of rotatable bonds is 5. The third-order valence-electron chi connectivity index (χ3n) is 4.68. The standard InChI is InChI=1S/C16H25BrN2O2/c1-9-10(2)21-11(3)16(9)14(19-18)8-12-7-13(17)5-6-15(12)20-4/h5-7,9-11,14,16,19H,8,18H2,1-4H3. The van der Waals surface area contributed by atoms with Crippen LogP contribution >= 0.6 is 15.9 Å². The van der Waals surface area contributed by atoms with Crippen molar-refractivity contribution in [2.45, 2.75) is 45.4 Å². The van der Waals surface area contributed by atoms with Crippen molar-refractivity contribution in [2.75, 3.05) is 7.11 Å². The molecular formula is C16H25BrN2O2. The van der Waals surface area contributed by atoms with Crippen LogP contribution in [-0.4, -0.2) is 25.4 Å². The second kappa shape index (κ2) is 7.09. The van der Waals surface area contributed by atoms with Crippen LogP contribution in [0.5, 0.6) is 5.75 Å². The maximum Gasteiger partial charge on any atom is 0.122 e. The quantitative estimate of drug-likeness (QED) is 0.629. The highest BCUT2D eigenvalue weighted by molar-refractivity contribution is 9.10. The SMILES string of the molecule is COc1ccc(Br)cc1CC(NN)C1C(C)OC(C)C1C. The van der Waals surface area contributed by atoms with Crippen molar-refractivity contribution in [1.29, 1.82) is 0 Å². The summed E-state index contributed by atoms with van der Waals surface area (Å²) in [5.74, 6) is 7.59. The Morgan fingerprint density at radius 2 is 2.05 bits per heavy atom. The van der Waals surface area contributed by atoms with E-state index in [0.717, 1.165) is 22.2 Å². The molecular weight excluding hydrogens is 332 g/mol. The largest absolute Gasteiger partial charge is 0.496 e. The fourth-order valence-corrected chi connectivity index (χ4v) is 3.85. The lowest BCUT2D eigenvalue weighted by molar-refractivity contribution is 0.0475. The molecule has 1 fully saturated rings. The van der Waals surface area contributed by atoms with E-state index in [1.165, 1.54) is 0 Å². The number of halogens is 1. The summed E-state index contributed by atoms with van der Waals surface area (Å²) in [6.45, 7) is 6.50. The van der Waals surface area contributed by atoms with Gasteiger partial charge in [0.1, 0.15) is 5.75 Å². The van der Waals surface area contributed by atoms with Gasteiger partial charge < -0.3 is 9.47 Å². The smallest absolute Gasteiger partial charge is 0.122 e. The summed E-state index contributed by atoms with van der Waals surface area (Å²) in [5.41, 5.74) is 4.14. The molecule has 1 aromatic rings. The lowest BCUT2D eigenvalue weighted by Crippen LogP contribution is -2.46. The Bertz CT molecular complexity index is 483. The first kappa shape index (κ1) is 16.7. The molecule has 1 aliphatic heterocycles. The zero-order valence-corrected chi connectivity index (χ0v) is 14.7. The molecule has 1 aliphatic rings. The van der Waals surface area contributed by atoms with Crippen LogP contribution in [-0.2, 0) is 11.2 Å². The Morgan fingerprint density at radius 3 is 2.57 bits per heavy atom. The molecule has 1 aromatic carbocycles. The van der Waals surface area contributed by atoms with E-state index >= 15 is 0 Å². The highest BCUT2D eigenvalue weighted by Crippen LogP contribution is 2.36. The van der Waals surface area contributed by atoms with Crippen LogP contribution < -0.4 is 16.0 Å². The maximum absolute atomic E-state index is 5.95.